The van der Waals surface area contributed by atoms with Gasteiger partial charge < -0.3 is 15.3 Å². The van der Waals surface area contributed by atoms with Crippen LogP contribution in [0.5, 0.6) is 0 Å². The Hall–Kier alpha value is -1.10. The van der Waals surface area contributed by atoms with Gasteiger partial charge >= 0.3 is 5.97 Å². The predicted octanol–water partition coefficient (Wildman–Crippen LogP) is 1.23. The molecule has 1 aliphatic rings. The molecule has 0 aliphatic heterocycles. The highest BCUT2D eigenvalue weighted by Crippen LogP contribution is 2.18. The van der Waals surface area contributed by atoms with Crippen LogP contribution in [-0.2, 0) is 9.59 Å². The molecule has 5 nitrogen and oxygen atoms in total. The molecule has 0 saturated heterocycles. The maximum Gasteiger partial charge on any atom is 0.303 e. The van der Waals surface area contributed by atoms with Gasteiger partial charge in [0.1, 0.15) is 0 Å². The number of carboxylic acids is 1. The highest BCUT2D eigenvalue weighted by atomic mass is 16.4. The van der Waals surface area contributed by atoms with Crippen molar-refractivity contribution < 1.29 is 14.7 Å². The van der Waals surface area contributed by atoms with Crippen LogP contribution in [0.1, 0.15) is 46.0 Å². The molecular formula is C13H24N2O3. The average Bonchev–Trinajstić information content (AvgIpc) is 3.07. The van der Waals surface area contributed by atoms with Crippen molar-refractivity contribution in [3.8, 4) is 0 Å². The first-order valence-corrected chi connectivity index (χ1v) is 6.75. The van der Waals surface area contributed by atoms with E-state index in [1.807, 2.05) is 13.8 Å². The summed E-state index contributed by atoms with van der Waals surface area (Å²) < 4.78 is 0. The topological polar surface area (TPSA) is 69.6 Å². The van der Waals surface area contributed by atoms with Crippen molar-refractivity contribution in [2.75, 3.05) is 13.1 Å². The molecule has 0 radical (unpaired) electrons. The number of aliphatic carboxylic acids is 1. The average molecular weight is 256 g/mol. The van der Waals surface area contributed by atoms with E-state index in [-0.39, 0.29) is 18.4 Å². The first-order chi connectivity index (χ1) is 8.50. The van der Waals surface area contributed by atoms with Gasteiger partial charge in [-0.25, -0.2) is 0 Å². The molecule has 1 rings (SSSR count). The molecule has 104 valence electrons. The van der Waals surface area contributed by atoms with Gasteiger partial charge in [0.05, 0.1) is 0 Å². The number of nitrogens with one attached hydrogen (secondary N) is 1. The molecule has 0 unspecified atom stereocenters. The molecular weight excluding hydrogens is 232 g/mol. The van der Waals surface area contributed by atoms with E-state index in [0.29, 0.717) is 25.4 Å². The van der Waals surface area contributed by atoms with Crippen LogP contribution in [-0.4, -0.2) is 47.1 Å². The smallest absolute Gasteiger partial charge is 0.303 e. The van der Waals surface area contributed by atoms with E-state index in [0.717, 1.165) is 6.54 Å². The molecule has 0 atom stereocenters. The minimum Gasteiger partial charge on any atom is -0.481 e. The van der Waals surface area contributed by atoms with Crippen LogP contribution in [0.2, 0.25) is 0 Å². The summed E-state index contributed by atoms with van der Waals surface area (Å²) in [5.41, 5.74) is 0. The van der Waals surface area contributed by atoms with Crippen LogP contribution < -0.4 is 5.32 Å². The first kappa shape index (κ1) is 15.0. The Balaban J connectivity index is 2.24. The Kier molecular flexibility index (Phi) is 6.12. The summed E-state index contributed by atoms with van der Waals surface area (Å²) in [6.07, 6.45) is 3.59. The highest BCUT2D eigenvalue weighted by Gasteiger charge is 2.21. The summed E-state index contributed by atoms with van der Waals surface area (Å²) in [6, 6.07) is 0.754. The number of nitrogens with zero attached hydrogens (tertiary/aromatic N) is 1. The van der Waals surface area contributed by atoms with Crippen LogP contribution in [0, 0.1) is 0 Å². The lowest BCUT2D eigenvalue weighted by molar-refractivity contribution is -0.138. The Morgan fingerprint density at radius 2 is 2.00 bits per heavy atom. The summed E-state index contributed by atoms with van der Waals surface area (Å²) in [7, 11) is 0. The van der Waals surface area contributed by atoms with E-state index < -0.39 is 5.97 Å². The lowest BCUT2D eigenvalue weighted by atomic mass is 10.2. The van der Waals surface area contributed by atoms with Crippen molar-refractivity contribution in [2.24, 2.45) is 0 Å². The zero-order valence-electron chi connectivity index (χ0n) is 11.3. The molecule has 1 saturated carbocycles. The number of hydrogen-bond acceptors (Lipinski definition) is 3. The number of carbonyl (C=O) groups excluding carboxylic acids is 1. The predicted molar refractivity (Wildman–Crippen MR) is 69.4 cm³/mol. The molecule has 1 amide bonds. The molecule has 18 heavy (non-hydrogen) atoms. The minimum absolute atomic E-state index is 0.114. The Morgan fingerprint density at radius 1 is 1.33 bits per heavy atom. The van der Waals surface area contributed by atoms with Crippen molar-refractivity contribution >= 4 is 11.9 Å². The second kappa shape index (κ2) is 7.36. The van der Waals surface area contributed by atoms with Gasteiger partial charge in [0.2, 0.25) is 5.91 Å². The van der Waals surface area contributed by atoms with E-state index in [2.05, 4.69) is 5.32 Å². The van der Waals surface area contributed by atoms with E-state index in [1.54, 1.807) is 4.90 Å². The van der Waals surface area contributed by atoms with Gasteiger partial charge in [0, 0.05) is 38.0 Å². The zero-order chi connectivity index (χ0) is 13.5. The lowest BCUT2D eigenvalue weighted by Gasteiger charge is -2.26. The summed E-state index contributed by atoms with van der Waals surface area (Å²) in [5.74, 6) is -0.690. The van der Waals surface area contributed by atoms with Crippen LogP contribution in [0.15, 0.2) is 0 Å². The largest absolute Gasteiger partial charge is 0.481 e. The maximum absolute atomic E-state index is 12.0. The Morgan fingerprint density at radius 3 is 2.50 bits per heavy atom. The monoisotopic (exact) mass is 256 g/mol. The van der Waals surface area contributed by atoms with E-state index in [4.69, 9.17) is 5.11 Å². The number of hydrogen-bond donors (Lipinski definition) is 2. The van der Waals surface area contributed by atoms with Crippen molar-refractivity contribution in [3.05, 3.63) is 0 Å². The summed E-state index contributed by atoms with van der Waals surface area (Å²) in [4.78, 5) is 24.2. The van der Waals surface area contributed by atoms with Gasteiger partial charge in [-0.15, -0.1) is 0 Å². The van der Waals surface area contributed by atoms with Crippen LogP contribution in [0.25, 0.3) is 0 Å². The highest BCUT2D eigenvalue weighted by molar-refractivity contribution is 5.76. The zero-order valence-corrected chi connectivity index (χ0v) is 11.3. The fourth-order valence-corrected chi connectivity index (χ4v) is 1.89. The van der Waals surface area contributed by atoms with Gasteiger partial charge in [-0.3, -0.25) is 9.59 Å². The minimum atomic E-state index is -0.804. The molecule has 0 aromatic heterocycles. The van der Waals surface area contributed by atoms with Crippen LogP contribution in [0.4, 0.5) is 0 Å². The van der Waals surface area contributed by atoms with Gasteiger partial charge in [0.25, 0.3) is 0 Å². The molecule has 5 heteroatoms. The Bertz CT molecular complexity index is 288. The fraction of sp³-hybridized carbons (Fsp3) is 0.846. The Labute approximate surface area is 109 Å². The SMILES string of the molecule is CC(C)N(CCCC(=O)O)C(=O)CCNC1CC1. The number of amides is 1. The van der Waals surface area contributed by atoms with Gasteiger partial charge in [-0.05, 0) is 33.1 Å². The van der Waals surface area contributed by atoms with Crippen LogP contribution >= 0.6 is 0 Å². The summed E-state index contributed by atoms with van der Waals surface area (Å²) in [6.45, 7) is 5.19. The maximum atomic E-state index is 12.0. The van der Waals surface area contributed by atoms with E-state index in [1.165, 1.54) is 12.8 Å². The molecule has 1 fully saturated rings. The molecule has 0 aromatic carbocycles. The fourth-order valence-electron chi connectivity index (χ4n) is 1.89. The van der Waals surface area contributed by atoms with Crippen molar-refractivity contribution in [1.29, 1.82) is 0 Å². The second-order valence-corrected chi connectivity index (χ2v) is 5.16. The summed E-state index contributed by atoms with van der Waals surface area (Å²) >= 11 is 0. The van der Waals surface area contributed by atoms with Gasteiger partial charge in [-0.1, -0.05) is 0 Å². The van der Waals surface area contributed by atoms with Crippen molar-refractivity contribution in [2.45, 2.75) is 58.0 Å². The number of carboxylic acid groups (broad SMARTS) is 1. The quantitative estimate of drug-likeness (QED) is 0.651. The van der Waals surface area contributed by atoms with Gasteiger partial charge in [0.15, 0.2) is 0 Å². The third-order valence-corrected chi connectivity index (χ3v) is 3.08. The molecule has 0 spiro atoms. The molecule has 2 N–H and O–H groups in total. The normalized spacial score (nSPS) is 14.8. The van der Waals surface area contributed by atoms with E-state index >= 15 is 0 Å². The third kappa shape index (κ3) is 6.00. The van der Waals surface area contributed by atoms with Crippen molar-refractivity contribution in [3.63, 3.8) is 0 Å². The standard InChI is InChI=1S/C13H24N2O3/c1-10(2)15(9-3-4-13(17)18)12(16)7-8-14-11-5-6-11/h10-11,14H,3-9H2,1-2H3,(H,17,18). The number of carbonyl (C=O) groups is 2. The summed E-state index contributed by atoms with van der Waals surface area (Å²) in [5, 5.41) is 11.9. The molecule has 0 bridgehead atoms. The first-order valence-electron chi connectivity index (χ1n) is 6.75. The second-order valence-electron chi connectivity index (χ2n) is 5.16. The lowest BCUT2D eigenvalue weighted by Crippen LogP contribution is -2.39. The number of rotatable bonds is 9. The molecule has 0 aromatic rings. The van der Waals surface area contributed by atoms with E-state index in [9.17, 15) is 9.59 Å². The van der Waals surface area contributed by atoms with Crippen LogP contribution in [0.3, 0.4) is 0 Å². The molecule has 1 aliphatic carbocycles. The van der Waals surface area contributed by atoms with Crippen molar-refractivity contribution in [1.82, 2.24) is 10.2 Å². The molecule has 0 heterocycles. The van der Waals surface area contributed by atoms with Gasteiger partial charge in [-0.2, -0.15) is 0 Å². The third-order valence-electron chi connectivity index (χ3n) is 3.08.